The van der Waals surface area contributed by atoms with E-state index in [2.05, 4.69) is 24.3 Å². The Balaban J connectivity index is 1.62. The van der Waals surface area contributed by atoms with Crippen molar-refractivity contribution >= 4 is 12.0 Å². The minimum Gasteiger partial charge on any atom is -0.463 e. The standard InChI is InChI=1S/C21H24O2/c1-3-23-21(22)12-15(2)6-4-5-7-16-8-11-19-17-9-10-18(14-17)20(19)13-16/h4-8,11-13,17-18H,3,9-10,14H2,1-2H3. The lowest BCUT2D eigenvalue weighted by atomic mass is 9.90. The lowest BCUT2D eigenvalue weighted by Crippen LogP contribution is -1.99. The quantitative estimate of drug-likeness (QED) is 0.428. The molecular formula is C21H24O2. The summed E-state index contributed by atoms with van der Waals surface area (Å²) in [6, 6.07) is 6.88. The molecule has 2 heteroatoms. The van der Waals surface area contributed by atoms with Crippen molar-refractivity contribution in [3.05, 3.63) is 64.8 Å². The number of allylic oxidation sites excluding steroid dienone is 4. The predicted octanol–water partition coefficient (Wildman–Crippen LogP) is 5.13. The van der Waals surface area contributed by atoms with Crippen LogP contribution >= 0.6 is 0 Å². The van der Waals surface area contributed by atoms with E-state index in [0.29, 0.717) is 6.61 Å². The van der Waals surface area contributed by atoms with Gasteiger partial charge in [0.15, 0.2) is 0 Å². The second-order valence-electron chi connectivity index (χ2n) is 6.45. The van der Waals surface area contributed by atoms with Gasteiger partial charge >= 0.3 is 5.97 Å². The third kappa shape index (κ3) is 3.64. The Bertz CT molecular complexity index is 679. The highest BCUT2D eigenvalue weighted by molar-refractivity contribution is 5.83. The van der Waals surface area contributed by atoms with Crippen molar-refractivity contribution in [1.82, 2.24) is 0 Å². The van der Waals surface area contributed by atoms with Crippen LogP contribution in [0.4, 0.5) is 0 Å². The summed E-state index contributed by atoms with van der Waals surface area (Å²) < 4.78 is 4.89. The molecule has 0 radical (unpaired) electrons. The Labute approximate surface area is 138 Å². The van der Waals surface area contributed by atoms with Crippen molar-refractivity contribution in [1.29, 1.82) is 0 Å². The molecule has 1 saturated carbocycles. The number of rotatable bonds is 5. The third-order valence-electron chi connectivity index (χ3n) is 4.81. The Kier molecular flexibility index (Phi) is 4.80. The molecule has 0 spiro atoms. The van der Waals surface area contributed by atoms with Crippen molar-refractivity contribution in [2.75, 3.05) is 6.61 Å². The number of carbonyl (C=O) groups is 1. The van der Waals surface area contributed by atoms with Gasteiger partial charge in [0, 0.05) is 6.08 Å². The van der Waals surface area contributed by atoms with Gasteiger partial charge in [0.25, 0.3) is 0 Å². The molecule has 3 rings (SSSR count). The van der Waals surface area contributed by atoms with Gasteiger partial charge in [-0.2, -0.15) is 0 Å². The van der Waals surface area contributed by atoms with Crippen LogP contribution in [-0.2, 0) is 9.53 Å². The van der Waals surface area contributed by atoms with Gasteiger partial charge in [-0.1, -0.05) is 42.5 Å². The molecule has 1 aromatic rings. The highest BCUT2D eigenvalue weighted by atomic mass is 16.5. The number of carbonyl (C=O) groups excluding carboxylic acids is 1. The maximum absolute atomic E-state index is 11.3. The Morgan fingerprint density at radius 2 is 2.00 bits per heavy atom. The molecule has 0 heterocycles. The fraction of sp³-hybridized carbons (Fsp3) is 0.381. The van der Waals surface area contributed by atoms with E-state index in [0.717, 1.165) is 17.4 Å². The second kappa shape index (κ2) is 6.99. The lowest BCUT2D eigenvalue weighted by molar-refractivity contribution is -0.137. The van der Waals surface area contributed by atoms with Gasteiger partial charge in [0.05, 0.1) is 6.61 Å². The van der Waals surface area contributed by atoms with Crippen LogP contribution in [0.3, 0.4) is 0 Å². The van der Waals surface area contributed by atoms with Crippen LogP contribution in [0.2, 0.25) is 0 Å². The summed E-state index contributed by atoms with van der Waals surface area (Å²) in [6.45, 7) is 4.11. The number of fused-ring (bicyclic) bond motifs is 5. The topological polar surface area (TPSA) is 26.3 Å². The first-order chi connectivity index (χ1) is 11.2. The highest BCUT2D eigenvalue weighted by Crippen LogP contribution is 2.53. The van der Waals surface area contributed by atoms with E-state index >= 15 is 0 Å². The Morgan fingerprint density at radius 1 is 1.22 bits per heavy atom. The van der Waals surface area contributed by atoms with Crippen molar-refractivity contribution in [2.45, 2.75) is 44.9 Å². The molecule has 23 heavy (non-hydrogen) atoms. The summed E-state index contributed by atoms with van der Waals surface area (Å²) >= 11 is 0. The average Bonchev–Trinajstić information content (AvgIpc) is 3.13. The SMILES string of the molecule is CCOC(=O)C=C(C)C=CC=Cc1ccc2c(c1)C1CCC2C1. The van der Waals surface area contributed by atoms with E-state index in [1.807, 2.05) is 32.1 Å². The third-order valence-corrected chi connectivity index (χ3v) is 4.81. The summed E-state index contributed by atoms with van der Waals surface area (Å²) in [5.41, 5.74) is 5.31. The largest absolute Gasteiger partial charge is 0.463 e. The van der Waals surface area contributed by atoms with Crippen LogP contribution in [0.15, 0.2) is 48.1 Å². The molecule has 2 bridgehead atoms. The van der Waals surface area contributed by atoms with Crippen LogP contribution in [0.5, 0.6) is 0 Å². The molecule has 2 nitrogen and oxygen atoms in total. The van der Waals surface area contributed by atoms with Crippen molar-refractivity contribution in [3.63, 3.8) is 0 Å². The first kappa shape index (κ1) is 15.8. The van der Waals surface area contributed by atoms with Gasteiger partial charge in [-0.15, -0.1) is 0 Å². The predicted molar refractivity (Wildman–Crippen MR) is 94.3 cm³/mol. The number of benzene rings is 1. The first-order valence-electron chi connectivity index (χ1n) is 8.51. The maximum atomic E-state index is 11.3. The normalized spacial score (nSPS) is 23.0. The van der Waals surface area contributed by atoms with Crippen LogP contribution in [0.25, 0.3) is 6.08 Å². The Morgan fingerprint density at radius 3 is 2.78 bits per heavy atom. The van der Waals surface area contributed by atoms with E-state index in [-0.39, 0.29) is 5.97 Å². The van der Waals surface area contributed by atoms with Gasteiger partial charge in [-0.25, -0.2) is 4.79 Å². The zero-order chi connectivity index (χ0) is 16.2. The maximum Gasteiger partial charge on any atom is 0.330 e. The first-order valence-corrected chi connectivity index (χ1v) is 8.51. The van der Waals surface area contributed by atoms with E-state index < -0.39 is 0 Å². The molecule has 0 amide bonds. The number of hydrogen-bond acceptors (Lipinski definition) is 2. The number of esters is 1. The van der Waals surface area contributed by atoms with Crippen LogP contribution in [-0.4, -0.2) is 12.6 Å². The van der Waals surface area contributed by atoms with Gasteiger partial charge in [0.1, 0.15) is 0 Å². The van der Waals surface area contributed by atoms with E-state index in [4.69, 9.17) is 4.74 Å². The summed E-state index contributed by atoms with van der Waals surface area (Å²) in [7, 11) is 0. The molecule has 0 N–H and O–H groups in total. The van der Waals surface area contributed by atoms with Gasteiger partial charge < -0.3 is 4.74 Å². The van der Waals surface area contributed by atoms with Gasteiger partial charge in [-0.05, 0) is 67.2 Å². The highest BCUT2D eigenvalue weighted by Gasteiger charge is 2.36. The minimum absolute atomic E-state index is 0.285. The van der Waals surface area contributed by atoms with Gasteiger partial charge in [0.2, 0.25) is 0 Å². The number of ether oxygens (including phenoxy) is 1. The molecule has 0 saturated heterocycles. The second-order valence-corrected chi connectivity index (χ2v) is 6.45. The fourth-order valence-corrected chi connectivity index (χ4v) is 3.76. The molecule has 0 aliphatic heterocycles. The molecule has 1 fully saturated rings. The van der Waals surface area contributed by atoms with E-state index in [1.165, 1.54) is 30.9 Å². The minimum atomic E-state index is -0.285. The molecule has 1 aromatic carbocycles. The molecule has 0 aromatic heterocycles. The van der Waals surface area contributed by atoms with Crippen molar-refractivity contribution in [2.24, 2.45) is 0 Å². The molecular weight excluding hydrogens is 284 g/mol. The molecule has 2 unspecified atom stereocenters. The number of hydrogen-bond donors (Lipinski definition) is 0. The van der Waals surface area contributed by atoms with Crippen LogP contribution < -0.4 is 0 Å². The van der Waals surface area contributed by atoms with Crippen LogP contribution in [0, 0.1) is 0 Å². The van der Waals surface area contributed by atoms with Gasteiger partial charge in [-0.3, -0.25) is 0 Å². The summed E-state index contributed by atoms with van der Waals surface area (Å²) in [4.78, 5) is 11.3. The fourth-order valence-electron chi connectivity index (χ4n) is 3.76. The molecule has 2 aliphatic carbocycles. The molecule has 120 valence electrons. The summed E-state index contributed by atoms with van der Waals surface area (Å²) in [5, 5.41) is 0. The average molecular weight is 308 g/mol. The van der Waals surface area contributed by atoms with Crippen LogP contribution in [0.1, 0.15) is 61.6 Å². The molecule has 2 atom stereocenters. The summed E-state index contributed by atoms with van der Waals surface area (Å²) in [6.07, 6.45) is 13.6. The van der Waals surface area contributed by atoms with Crippen molar-refractivity contribution in [3.8, 4) is 0 Å². The lowest BCUT2D eigenvalue weighted by Gasteiger charge is -2.15. The summed E-state index contributed by atoms with van der Waals surface area (Å²) in [5.74, 6) is 1.34. The smallest absolute Gasteiger partial charge is 0.330 e. The van der Waals surface area contributed by atoms with E-state index in [9.17, 15) is 4.79 Å². The monoisotopic (exact) mass is 308 g/mol. The molecule has 2 aliphatic rings. The van der Waals surface area contributed by atoms with Crippen molar-refractivity contribution < 1.29 is 9.53 Å². The zero-order valence-electron chi connectivity index (χ0n) is 13.9. The Hall–Kier alpha value is -2.09. The van der Waals surface area contributed by atoms with E-state index in [1.54, 1.807) is 11.1 Å². The zero-order valence-corrected chi connectivity index (χ0v) is 13.9.